The van der Waals surface area contributed by atoms with Crippen LogP contribution in [0.5, 0.6) is 5.75 Å². The Morgan fingerprint density at radius 3 is 2.00 bits per heavy atom. The molecule has 4 atom stereocenters. The van der Waals surface area contributed by atoms with Crippen molar-refractivity contribution in [2.45, 2.75) is 44.4 Å². The fraction of sp³-hybridized carbons (Fsp3) is 0.444. The third kappa shape index (κ3) is 8.00. The Morgan fingerprint density at radius 1 is 0.966 bits per heavy atom. The van der Waals surface area contributed by atoms with E-state index in [1.165, 1.54) is 26.0 Å². The number of amides is 3. The summed E-state index contributed by atoms with van der Waals surface area (Å²) in [5, 5.41) is 25.8. The smallest absolute Gasteiger partial charge is 0.326 e. The van der Waals surface area contributed by atoms with Gasteiger partial charge in [-0.25, -0.2) is 4.79 Å². The maximum atomic E-state index is 12.3. The zero-order valence-corrected chi connectivity index (χ0v) is 17.0. The van der Waals surface area contributed by atoms with Gasteiger partial charge in [0.15, 0.2) is 0 Å². The van der Waals surface area contributed by atoms with Crippen LogP contribution < -0.4 is 21.7 Å². The topological polar surface area (TPSA) is 171 Å². The number of carbonyl (C=O) groups excluding carboxylic acids is 3. The van der Waals surface area contributed by atoms with Crippen molar-refractivity contribution in [2.24, 2.45) is 5.73 Å². The lowest BCUT2D eigenvalue weighted by Crippen LogP contribution is -2.56. The number of aromatic hydroxyl groups is 1. The van der Waals surface area contributed by atoms with Crippen molar-refractivity contribution in [1.82, 2.24) is 16.0 Å². The van der Waals surface area contributed by atoms with E-state index in [9.17, 15) is 29.4 Å². The number of phenols is 1. The number of carboxylic acid groups (broad SMARTS) is 1. The van der Waals surface area contributed by atoms with E-state index >= 15 is 0 Å². The third-order valence-electron chi connectivity index (χ3n) is 3.97. The van der Waals surface area contributed by atoms with Crippen molar-refractivity contribution < 1.29 is 29.4 Å². The molecule has 0 fully saturated rings. The van der Waals surface area contributed by atoms with Crippen molar-refractivity contribution in [2.75, 3.05) is 5.75 Å². The molecule has 1 rings (SSSR count). The maximum absolute atomic E-state index is 12.3. The number of hydrogen-bond donors (Lipinski definition) is 7. The summed E-state index contributed by atoms with van der Waals surface area (Å²) in [6, 6.07) is 1.80. The average molecular weight is 426 g/mol. The van der Waals surface area contributed by atoms with Crippen LogP contribution in [0.4, 0.5) is 0 Å². The number of carbonyl (C=O) groups is 4. The summed E-state index contributed by atoms with van der Waals surface area (Å²) < 4.78 is 0. The Kier molecular flexibility index (Phi) is 9.42. The molecule has 0 aliphatic rings. The minimum absolute atomic E-state index is 0.00820. The number of aliphatic carboxylic acids is 1. The van der Waals surface area contributed by atoms with Gasteiger partial charge in [-0.15, -0.1) is 0 Å². The van der Waals surface area contributed by atoms with Crippen LogP contribution in [0, 0.1) is 0 Å². The fourth-order valence-corrected chi connectivity index (χ4v) is 2.50. The van der Waals surface area contributed by atoms with Gasteiger partial charge in [-0.1, -0.05) is 12.1 Å². The van der Waals surface area contributed by atoms with Gasteiger partial charge < -0.3 is 31.9 Å². The predicted octanol–water partition coefficient (Wildman–Crippen LogP) is -1.23. The van der Waals surface area contributed by atoms with Crippen LogP contribution in [0.2, 0.25) is 0 Å². The highest BCUT2D eigenvalue weighted by Crippen LogP contribution is 2.11. The largest absolute Gasteiger partial charge is 0.508 e. The zero-order valence-electron chi connectivity index (χ0n) is 16.1. The highest BCUT2D eigenvalue weighted by molar-refractivity contribution is 7.80. The lowest BCUT2D eigenvalue weighted by Gasteiger charge is -2.22. The van der Waals surface area contributed by atoms with Crippen molar-refractivity contribution >= 4 is 36.3 Å². The summed E-state index contributed by atoms with van der Waals surface area (Å²) in [5.74, 6) is -3.13. The number of thiol groups is 1. The van der Waals surface area contributed by atoms with Crippen molar-refractivity contribution in [3.8, 4) is 5.75 Å². The van der Waals surface area contributed by atoms with Gasteiger partial charge in [0.1, 0.15) is 23.9 Å². The summed E-state index contributed by atoms with van der Waals surface area (Å²) >= 11 is 4.00. The van der Waals surface area contributed by atoms with E-state index in [2.05, 4.69) is 28.6 Å². The average Bonchev–Trinajstić information content (AvgIpc) is 2.66. The molecule has 160 valence electrons. The normalized spacial score (nSPS) is 14.8. The second-order valence-electron chi connectivity index (χ2n) is 6.53. The van der Waals surface area contributed by atoms with Crippen LogP contribution in [0.3, 0.4) is 0 Å². The summed E-state index contributed by atoms with van der Waals surface area (Å²) in [7, 11) is 0. The van der Waals surface area contributed by atoms with Gasteiger partial charge in [0.05, 0.1) is 6.04 Å². The number of nitrogens with one attached hydrogen (secondary N) is 3. The Morgan fingerprint density at radius 2 is 1.52 bits per heavy atom. The van der Waals surface area contributed by atoms with E-state index < -0.39 is 47.9 Å². The molecule has 1 aromatic carbocycles. The van der Waals surface area contributed by atoms with Crippen molar-refractivity contribution in [3.05, 3.63) is 29.8 Å². The van der Waals surface area contributed by atoms with Crippen LogP contribution >= 0.6 is 12.6 Å². The summed E-state index contributed by atoms with van der Waals surface area (Å²) in [6.07, 6.45) is -0.00820. The van der Waals surface area contributed by atoms with Crippen LogP contribution in [-0.2, 0) is 25.6 Å². The Labute approximate surface area is 173 Å². The molecule has 11 heteroatoms. The SMILES string of the molecule is CC(N)C(=O)NC(CS)C(=O)NC(C)C(=O)NC(Cc1ccc(O)cc1)C(=O)O. The predicted molar refractivity (Wildman–Crippen MR) is 108 cm³/mol. The van der Waals surface area contributed by atoms with Crippen molar-refractivity contribution in [3.63, 3.8) is 0 Å². The molecule has 0 aliphatic carbocycles. The van der Waals surface area contributed by atoms with Gasteiger partial charge in [-0.05, 0) is 31.5 Å². The van der Waals surface area contributed by atoms with E-state index in [0.717, 1.165) is 0 Å². The van der Waals surface area contributed by atoms with E-state index in [0.29, 0.717) is 5.56 Å². The van der Waals surface area contributed by atoms with Crippen LogP contribution in [0.15, 0.2) is 24.3 Å². The first-order valence-corrected chi connectivity index (χ1v) is 9.46. The quantitative estimate of drug-likeness (QED) is 0.230. The maximum Gasteiger partial charge on any atom is 0.326 e. The Balaban J connectivity index is 2.69. The molecule has 0 radical (unpaired) electrons. The number of phenolic OH excluding ortho intramolecular Hbond substituents is 1. The van der Waals surface area contributed by atoms with Gasteiger partial charge in [0.25, 0.3) is 0 Å². The number of hydrogen-bond acceptors (Lipinski definition) is 7. The minimum atomic E-state index is -1.25. The van der Waals surface area contributed by atoms with Crippen LogP contribution in [0.25, 0.3) is 0 Å². The highest BCUT2D eigenvalue weighted by atomic mass is 32.1. The third-order valence-corrected chi connectivity index (χ3v) is 4.34. The number of benzene rings is 1. The molecule has 0 saturated carbocycles. The highest BCUT2D eigenvalue weighted by Gasteiger charge is 2.27. The fourth-order valence-electron chi connectivity index (χ4n) is 2.24. The first kappa shape index (κ1) is 24.2. The first-order valence-electron chi connectivity index (χ1n) is 8.83. The van der Waals surface area contributed by atoms with E-state index in [4.69, 9.17) is 5.73 Å². The second kappa shape index (κ2) is 11.3. The molecular formula is C18H26N4O6S. The monoisotopic (exact) mass is 426 g/mol. The summed E-state index contributed by atoms with van der Waals surface area (Å²) in [5.41, 5.74) is 6.04. The number of rotatable bonds is 10. The zero-order chi connectivity index (χ0) is 22.1. The molecule has 10 nitrogen and oxygen atoms in total. The van der Waals surface area contributed by atoms with E-state index in [1.807, 2.05) is 0 Å². The van der Waals surface area contributed by atoms with Gasteiger partial charge in [-0.2, -0.15) is 12.6 Å². The molecule has 29 heavy (non-hydrogen) atoms. The molecule has 0 bridgehead atoms. The molecular weight excluding hydrogens is 400 g/mol. The van der Waals surface area contributed by atoms with E-state index in [1.54, 1.807) is 12.1 Å². The first-order chi connectivity index (χ1) is 13.5. The number of carboxylic acids is 1. The molecule has 3 amide bonds. The van der Waals surface area contributed by atoms with Gasteiger partial charge >= 0.3 is 5.97 Å². The van der Waals surface area contributed by atoms with Gasteiger partial charge in [0.2, 0.25) is 17.7 Å². The van der Waals surface area contributed by atoms with E-state index in [-0.39, 0.29) is 17.9 Å². The van der Waals surface area contributed by atoms with Crippen molar-refractivity contribution in [1.29, 1.82) is 0 Å². The Bertz CT molecular complexity index is 740. The molecule has 0 aromatic heterocycles. The second-order valence-corrected chi connectivity index (χ2v) is 6.90. The minimum Gasteiger partial charge on any atom is -0.508 e. The molecule has 7 N–H and O–H groups in total. The standard InChI is InChI=1S/C18H26N4O6S/c1-9(19)15(24)22-14(8-29)17(26)20-10(2)16(25)21-13(18(27)28)7-11-3-5-12(23)6-4-11/h3-6,9-10,13-14,23,29H,7-8,19H2,1-2H3,(H,20,26)(H,21,25)(H,22,24)(H,27,28). The van der Waals surface area contributed by atoms with Crippen LogP contribution in [-0.4, -0.2) is 63.8 Å². The molecule has 4 unspecified atom stereocenters. The molecule has 1 aromatic rings. The lowest BCUT2D eigenvalue weighted by molar-refractivity contribution is -0.142. The molecule has 0 aliphatic heterocycles. The molecule has 0 saturated heterocycles. The molecule has 0 heterocycles. The molecule has 0 spiro atoms. The van der Waals surface area contributed by atoms with Crippen LogP contribution in [0.1, 0.15) is 19.4 Å². The summed E-state index contributed by atoms with van der Waals surface area (Å²) in [4.78, 5) is 47.7. The number of nitrogens with two attached hydrogens (primary N) is 1. The Hall–Kier alpha value is -2.79. The van der Waals surface area contributed by atoms with Gasteiger partial charge in [0, 0.05) is 12.2 Å². The summed E-state index contributed by atoms with van der Waals surface area (Å²) in [6.45, 7) is 2.84. The van der Waals surface area contributed by atoms with Gasteiger partial charge in [-0.3, -0.25) is 14.4 Å². The lowest BCUT2D eigenvalue weighted by atomic mass is 10.1.